The number of nitriles is 1. The second-order valence-electron chi connectivity index (χ2n) is 5.38. The van der Waals surface area contributed by atoms with Gasteiger partial charge >= 0.3 is 0 Å². The van der Waals surface area contributed by atoms with Crippen LogP contribution in [0.15, 0.2) is 18.2 Å². The SMILES string of the molecule is CC(CC1CC1)n1c(CCl)nc2ccc(C#N)cc21. The number of hydrogen-bond donors (Lipinski definition) is 0. The highest BCUT2D eigenvalue weighted by molar-refractivity contribution is 6.16. The zero-order valence-electron chi connectivity index (χ0n) is 10.9. The van der Waals surface area contributed by atoms with E-state index >= 15 is 0 Å². The minimum absolute atomic E-state index is 0.389. The third kappa shape index (κ3) is 2.33. The zero-order valence-corrected chi connectivity index (χ0v) is 11.7. The Morgan fingerprint density at radius 3 is 2.95 bits per heavy atom. The van der Waals surface area contributed by atoms with Gasteiger partial charge in [0.2, 0.25) is 0 Å². The lowest BCUT2D eigenvalue weighted by atomic mass is 10.1. The summed E-state index contributed by atoms with van der Waals surface area (Å²) < 4.78 is 2.21. The first kappa shape index (κ1) is 12.5. The van der Waals surface area contributed by atoms with Gasteiger partial charge in [0.15, 0.2) is 0 Å². The van der Waals surface area contributed by atoms with Crippen molar-refractivity contribution in [2.24, 2.45) is 5.92 Å². The van der Waals surface area contributed by atoms with Gasteiger partial charge in [0.25, 0.3) is 0 Å². The van der Waals surface area contributed by atoms with Crippen LogP contribution in [-0.2, 0) is 5.88 Å². The van der Waals surface area contributed by atoms with Gasteiger partial charge in [0, 0.05) is 6.04 Å². The van der Waals surface area contributed by atoms with Crippen LogP contribution >= 0.6 is 11.6 Å². The summed E-state index contributed by atoms with van der Waals surface area (Å²) in [5.41, 5.74) is 2.63. The molecule has 0 bridgehead atoms. The molecule has 0 amide bonds. The normalized spacial score (nSPS) is 16.5. The maximum absolute atomic E-state index is 9.04. The average Bonchev–Trinajstić information content (AvgIpc) is 3.15. The second kappa shape index (κ2) is 4.86. The number of nitrogens with zero attached hydrogens (tertiary/aromatic N) is 3. The summed E-state index contributed by atoms with van der Waals surface area (Å²) in [5, 5.41) is 9.04. The molecule has 19 heavy (non-hydrogen) atoms. The van der Waals surface area contributed by atoms with E-state index in [2.05, 4.69) is 22.5 Å². The largest absolute Gasteiger partial charge is 0.324 e. The highest BCUT2D eigenvalue weighted by Crippen LogP contribution is 2.38. The lowest BCUT2D eigenvalue weighted by Gasteiger charge is -2.16. The van der Waals surface area contributed by atoms with Crippen molar-refractivity contribution in [3.8, 4) is 6.07 Å². The Bertz CT molecular complexity index is 649. The number of hydrogen-bond acceptors (Lipinski definition) is 2. The van der Waals surface area contributed by atoms with Crippen LogP contribution in [0.25, 0.3) is 11.0 Å². The van der Waals surface area contributed by atoms with E-state index in [-0.39, 0.29) is 0 Å². The quantitative estimate of drug-likeness (QED) is 0.790. The van der Waals surface area contributed by atoms with Crippen molar-refractivity contribution < 1.29 is 0 Å². The first-order valence-corrected chi connectivity index (χ1v) is 7.23. The number of fused-ring (bicyclic) bond motifs is 1. The van der Waals surface area contributed by atoms with Crippen LogP contribution in [0.1, 0.15) is 43.6 Å². The van der Waals surface area contributed by atoms with E-state index in [1.54, 1.807) is 0 Å². The molecule has 1 aromatic carbocycles. The van der Waals surface area contributed by atoms with Crippen molar-refractivity contribution in [2.75, 3.05) is 0 Å². The van der Waals surface area contributed by atoms with Crippen LogP contribution in [0, 0.1) is 17.2 Å². The zero-order chi connectivity index (χ0) is 13.4. The molecule has 1 saturated carbocycles. The van der Waals surface area contributed by atoms with Gasteiger partial charge in [-0.15, -0.1) is 11.6 Å². The van der Waals surface area contributed by atoms with Gasteiger partial charge in [-0.1, -0.05) is 12.8 Å². The van der Waals surface area contributed by atoms with Gasteiger partial charge in [-0.3, -0.25) is 0 Å². The number of aromatic nitrogens is 2. The monoisotopic (exact) mass is 273 g/mol. The molecular formula is C15H16ClN3. The number of alkyl halides is 1. The number of imidazole rings is 1. The Morgan fingerprint density at radius 1 is 1.53 bits per heavy atom. The molecule has 1 heterocycles. The molecule has 1 aliphatic rings. The Balaban J connectivity index is 2.10. The molecule has 2 aromatic rings. The highest BCUT2D eigenvalue weighted by Gasteiger charge is 2.26. The fourth-order valence-electron chi connectivity index (χ4n) is 2.74. The van der Waals surface area contributed by atoms with Crippen LogP contribution in [0.5, 0.6) is 0 Å². The molecule has 1 unspecified atom stereocenters. The molecule has 1 aliphatic carbocycles. The van der Waals surface area contributed by atoms with Crippen LogP contribution in [0.2, 0.25) is 0 Å². The maximum Gasteiger partial charge on any atom is 0.125 e. The van der Waals surface area contributed by atoms with Crippen LogP contribution < -0.4 is 0 Å². The summed E-state index contributed by atoms with van der Waals surface area (Å²) in [6.07, 6.45) is 3.86. The third-order valence-corrected chi connectivity index (χ3v) is 4.06. The second-order valence-corrected chi connectivity index (χ2v) is 5.64. The van der Waals surface area contributed by atoms with Crippen LogP contribution in [0.4, 0.5) is 0 Å². The van der Waals surface area contributed by atoms with Crippen molar-refractivity contribution in [3.63, 3.8) is 0 Å². The molecular weight excluding hydrogens is 258 g/mol. The van der Waals surface area contributed by atoms with Crippen molar-refractivity contribution in [1.29, 1.82) is 5.26 Å². The van der Waals surface area contributed by atoms with Gasteiger partial charge in [-0.05, 0) is 37.5 Å². The number of benzene rings is 1. The Hall–Kier alpha value is -1.53. The molecule has 98 valence electrons. The van der Waals surface area contributed by atoms with Gasteiger partial charge in [-0.2, -0.15) is 5.26 Å². The molecule has 0 radical (unpaired) electrons. The highest BCUT2D eigenvalue weighted by atomic mass is 35.5. The first-order chi connectivity index (χ1) is 9.22. The first-order valence-electron chi connectivity index (χ1n) is 6.70. The summed E-state index contributed by atoms with van der Waals surface area (Å²) in [6, 6.07) is 8.21. The molecule has 4 heteroatoms. The van der Waals surface area contributed by atoms with Crippen molar-refractivity contribution in [3.05, 3.63) is 29.6 Å². The predicted molar refractivity (Wildman–Crippen MR) is 76.1 cm³/mol. The van der Waals surface area contributed by atoms with Crippen LogP contribution in [0.3, 0.4) is 0 Å². The Labute approximate surface area is 117 Å². The number of halogens is 1. The van der Waals surface area contributed by atoms with Crippen molar-refractivity contribution >= 4 is 22.6 Å². The fraction of sp³-hybridized carbons (Fsp3) is 0.467. The summed E-state index contributed by atoms with van der Waals surface area (Å²) in [6.45, 7) is 2.22. The smallest absolute Gasteiger partial charge is 0.125 e. The van der Waals surface area contributed by atoms with E-state index in [1.807, 2.05) is 18.2 Å². The molecule has 0 saturated heterocycles. The standard InChI is InChI=1S/C15H16ClN3/c1-10(6-11-2-3-11)19-14-7-12(9-17)4-5-13(14)18-15(19)8-16/h4-5,7,10-11H,2-3,6,8H2,1H3. The van der Waals surface area contributed by atoms with E-state index in [0.29, 0.717) is 17.5 Å². The van der Waals surface area contributed by atoms with E-state index < -0.39 is 0 Å². The van der Waals surface area contributed by atoms with Gasteiger partial charge in [-0.25, -0.2) is 4.98 Å². The van der Waals surface area contributed by atoms with Gasteiger partial charge in [0.05, 0.1) is 28.5 Å². The topological polar surface area (TPSA) is 41.6 Å². The van der Waals surface area contributed by atoms with E-state index in [9.17, 15) is 0 Å². The lowest BCUT2D eigenvalue weighted by Crippen LogP contribution is -2.09. The van der Waals surface area contributed by atoms with Crippen LogP contribution in [-0.4, -0.2) is 9.55 Å². The minimum Gasteiger partial charge on any atom is -0.324 e. The summed E-state index contributed by atoms with van der Waals surface area (Å²) in [5.74, 6) is 2.17. The molecule has 3 rings (SSSR count). The molecule has 0 aliphatic heterocycles. The molecule has 1 fully saturated rings. The van der Waals surface area contributed by atoms with Crippen molar-refractivity contribution in [2.45, 2.75) is 38.1 Å². The fourth-order valence-corrected chi connectivity index (χ4v) is 2.93. The van der Waals surface area contributed by atoms with E-state index in [0.717, 1.165) is 22.8 Å². The Kier molecular flexibility index (Phi) is 3.20. The van der Waals surface area contributed by atoms with E-state index in [1.165, 1.54) is 19.3 Å². The summed E-state index contributed by atoms with van der Waals surface area (Å²) >= 11 is 6.03. The minimum atomic E-state index is 0.389. The molecule has 3 nitrogen and oxygen atoms in total. The lowest BCUT2D eigenvalue weighted by molar-refractivity contribution is 0.477. The molecule has 1 aromatic heterocycles. The maximum atomic E-state index is 9.04. The molecule has 0 N–H and O–H groups in total. The van der Waals surface area contributed by atoms with Crippen molar-refractivity contribution in [1.82, 2.24) is 9.55 Å². The summed E-state index contributed by atoms with van der Waals surface area (Å²) in [7, 11) is 0. The third-order valence-electron chi connectivity index (χ3n) is 3.82. The van der Waals surface area contributed by atoms with E-state index in [4.69, 9.17) is 16.9 Å². The predicted octanol–water partition coefficient (Wildman–Crippen LogP) is 4.01. The molecule has 1 atom stereocenters. The average molecular weight is 274 g/mol. The summed E-state index contributed by atoms with van der Waals surface area (Å²) in [4.78, 5) is 4.58. The van der Waals surface area contributed by atoms with Gasteiger partial charge in [0.1, 0.15) is 5.82 Å². The van der Waals surface area contributed by atoms with Gasteiger partial charge < -0.3 is 4.57 Å². The molecule has 0 spiro atoms. The number of rotatable bonds is 4. The Morgan fingerprint density at radius 2 is 2.32 bits per heavy atom.